The van der Waals surface area contributed by atoms with Crippen molar-refractivity contribution >= 4 is 33.3 Å². The maximum Gasteiger partial charge on any atom is 0.290 e. The number of thiophene rings is 1. The summed E-state index contributed by atoms with van der Waals surface area (Å²) in [6.45, 7) is 4.09. The monoisotopic (exact) mass is 247 g/mol. The van der Waals surface area contributed by atoms with Gasteiger partial charge >= 0.3 is 0 Å². The van der Waals surface area contributed by atoms with Gasteiger partial charge in [-0.25, -0.2) is 0 Å². The van der Waals surface area contributed by atoms with Crippen LogP contribution in [-0.2, 0) is 0 Å². The molecule has 0 saturated carbocycles. The summed E-state index contributed by atoms with van der Waals surface area (Å²) in [6, 6.07) is 5.90. The number of guanidine groups is 1. The Balaban J connectivity index is 2.56. The van der Waals surface area contributed by atoms with Gasteiger partial charge < -0.3 is 11.5 Å². The molecule has 0 fully saturated rings. The first kappa shape index (κ1) is 11.6. The molecule has 0 bridgehead atoms. The first-order valence-electron chi connectivity index (χ1n) is 5.12. The Morgan fingerprint density at radius 3 is 2.65 bits per heavy atom. The van der Waals surface area contributed by atoms with Gasteiger partial charge in [-0.15, -0.1) is 11.3 Å². The molecule has 0 unspecified atom stereocenters. The first-order valence-corrected chi connectivity index (χ1v) is 5.94. The van der Waals surface area contributed by atoms with E-state index < -0.39 is 0 Å². The summed E-state index contributed by atoms with van der Waals surface area (Å²) in [5.74, 6) is -0.594. The number of aryl methyl sites for hydroxylation is 2. The Labute approximate surface area is 103 Å². The summed E-state index contributed by atoms with van der Waals surface area (Å²) in [5, 5.41) is 1.09. The van der Waals surface area contributed by atoms with Crippen molar-refractivity contribution in [1.29, 1.82) is 0 Å². The Morgan fingerprint density at radius 1 is 1.29 bits per heavy atom. The molecule has 1 heterocycles. The van der Waals surface area contributed by atoms with Crippen LogP contribution in [0.4, 0.5) is 0 Å². The zero-order valence-corrected chi connectivity index (χ0v) is 10.5. The van der Waals surface area contributed by atoms with Crippen LogP contribution >= 0.6 is 11.3 Å². The van der Waals surface area contributed by atoms with Gasteiger partial charge in [0.15, 0.2) is 5.96 Å². The van der Waals surface area contributed by atoms with Crippen molar-refractivity contribution in [3.63, 3.8) is 0 Å². The number of hydrogen-bond donors (Lipinski definition) is 2. The molecule has 0 aliphatic heterocycles. The van der Waals surface area contributed by atoms with E-state index in [4.69, 9.17) is 11.5 Å². The lowest BCUT2D eigenvalue weighted by molar-refractivity contribution is 0.101. The number of fused-ring (bicyclic) bond motifs is 1. The van der Waals surface area contributed by atoms with Crippen LogP contribution in [0.15, 0.2) is 23.2 Å². The van der Waals surface area contributed by atoms with Gasteiger partial charge in [0, 0.05) is 4.70 Å². The second-order valence-electron chi connectivity index (χ2n) is 3.87. The highest BCUT2D eigenvalue weighted by atomic mass is 32.1. The summed E-state index contributed by atoms with van der Waals surface area (Å²) in [4.78, 5) is 15.8. The average molecular weight is 247 g/mol. The van der Waals surface area contributed by atoms with Gasteiger partial charge in [0.2, 0.25) is 0 Å². The SMILES string of the molecule is Cc1ccc2sc(C(=O)N=C(N)N)cc2c1C. The van der Waals surface area contributed by atoms with Crippen LogP contribution < -0.4 is 11.5 Å². The number of aliphatic imine (C=N–C) groups is 1. The molecule has 0 saturated heterocycles. The number of amides is 1. The minimum absolute atomic E-state index is 0.208. The molecule has 88 valence electrons. The lowest BCUT2D eigenvalue weighted by Gasteiger charge is -1.99. The van der Waals surface area contributed by atoms with Gasteiger partial charge in [-0.1, -0.05) is 6.07 Å². The number of carbonyl (C=O) groups excluding carboxylic acids is 1. The molecule has 0 aliphatic carbocycles. The summed E-state index contributed by atoms with van der Waals surface area (Å²) < 4.78 is 1.07. The highest BCUT2D eigenvalue weighted by Gasteiger charge is 2.11. The molecule has 0 spiro atoms. The summed E-state index contributed by atoms with van der Waals surface area (Å²) in [7, 11) is 0. The third kappa shape index (κ3) is 2.14. The zero-order chi connectivity index (χ0) is 12.6. The lowest BCUT2D eigenvalue weighted by Crippen LogP contribution is -2.24. The molecule has 4 nitrogen and oxygen atoms in total. The van der Waals surface area contributed by atoms with Crippen molar-refractivity contribution in [2.45, 2.75) is 13.8 Å². The zero-order valence-electron chi connectivity index (χ0n) is 9.65. The van der Waals surface area contributed by atoms with Crippen LogP contribution in [0, 0.1) is 13.8 Å². The molecular formula is C12H13N3OS. The van der Waals surface area contributed by atoms with Crippen molar-refractivity contribution in [3.8, 4) is 0 Å². The van der Waals surface area contributed by atoms with Crippen LogP contribution in [0.5, 0.6) is 0 Å². The molecule has 2 aromatic rings. The predicted octanol–water partition coefficient (Wildman–Crippen LogP) is 1.93. The normalized spacial score (nSPS) is 10.5. The minimum atomic E-state index is -0.386. The Kier molecular flexibility index (Phi) is 2.85. The number of hydrogen-bond acceptors (Lipinski definition) is 2. The molecule has 5 heteroatoms. The van der Waals surface area contributed by atoms with Crippen molar-refractivity contribution in [3.05, 3.63) is 34.2 Å². The second-order valence-corrected chi connectivity index (χ2v) is 4.96. The Morgan fingerprint density at radius 2 is 2.00 bits per heavy atom. The van der Waals surface area contributed by atoms with Crippen molar-refractivity contribution < 1.29 is 4.79 Å². The van der Waals surface area contributed by atoms with Gasteiger partial charge in [0.05, 0.1) is 4.88 Å². The van der Waals surface area contributed by atoms with Gasteiger partial charge in [-0.3, -0.25) is 4.79 Å². The smallest absolute Gasteiger partial charge is 0.290 e. The fourth-order valence-corrected chi connectivity index (χ4v) is 2.64. The first-order chi connectivity index (χ1) is 7.99. The van der Waals surface area contributed by atoms with Crippen molar-refractivity contribution in [2.24, 2.45) is 16.5 Å². The molecule has 1 aromatic heterocycles. The largest absolute Gasteiger partial charge is 0.370 e. The van der Waals surface area contributed by atoms with Crippen LogP contribution in [0.25, 0.3) is 10.1 Å². The highest BCUT2D eigenvalue weighted by Crippen LogP contribution is 2.30. The Hall–Kier alpha value is -1.88. The molecular weight excluding hydrogens is 234 g/mol. The standard InChI is InChI=1S/C12H13N3OS/c1-6-3-4-9-8(7(6)2)5-10(17-9)11(16)15-12(13)14/h3-5H,1-2H3,(H4,13,14,15,16). The topological polar surface area (TPSA) is 81.5 Å². The number of nitrogens with two attached hydrogens (primary N) is 2. The number of carbonyl (C=O) groups is 1. The van der Waals surface area contributed by atoms with Gasteiger partial charge in [-0.05, 0) is 42.5 Å². The van der Waals surface area contributed by atoms with Crippen molar-refractivity contribution in [1.82, 2.24) is 0 Å². The molecule has 1 aromatic carbocycles. The fraction of sp³-hybridized carbons (Fsp3) is 0.167. The molecule has 0 atom stereocenters. The van der Waals surface area contributed by atoms with E-state index in [0.29, 0.717) is 4.88 Å². The summed E-state index contributed by atoms with van der Waals surface area (Å²) in [6.07, 6.45) is 0. The summed E-state index contributed by atoms with van der Waals surface area (Å²) >= 11 is 1.40. The predicted molar refractivity (Wildman–Crippen MR) is 71.4 cm³/mol. The summed E-state index contributed by atoms with van der Waals surface area (Å²) in [5.41, 5.74) is 12.8. The Bertz CT molecular complexity index is 624. The van der Waals surface area contributed by atoms with Crippen LogP contribution in [0.3, 0.4) is 0 Å². The average Bonchev–Trinajstić information content (AvgIpc) is 2.67. The van der Waals surface area contributed by atoms with E-state index >= 15 is 0 Å². The van der Waals surface area contributed by atoms with Gasteiger partial charge in [0.1, 0.15) is 0 Å². The third-order valence-corrected chi connectivity index (χ3v) is 3.77. The number of nitrogens with zero attached hydrogens (tertiary/aromatic N) is 1. The maximum absolute atomic E-state index is 11.7. The van der Waals surface area contributed by atoms with Crippen LogP contribution in [0.1, 0.15) is 20.8 Å². The van der Waals surface area contributed by atoms with E-state index in [1.807, 2.05) is 32.0 Å². The molecule has 1 amide bonds. The van der Waals surface area contributed by atoms with Crippen LogP contribution in [-0.4, -0.2) is 11.9 Å². The maximum atomic E-state index is 11.7. The second kappa shape index (κ2) is 4.18. The van der Waals surface area contributed by atoms with E-state index in [1.165, 1.54) is 22.5 Å². The third-order valence-electron chi connectivity index (χ3n) is 2.68. The molecule has 0 aliphatic rings. The quantitative estimate of drug-likeness (QED) is 0.596. The van der Waals surface area contributed by atoms with Gasteiger partial charge in [0.25, 0.3) is 5.91 Å². The molecule has 17 heavy (non-hydrogen) atoms. The van der Waals surface area contributed by atoms with Gasteiger partial charge in [-0.2, -0.15) is 4.99 Å². The number of benzene rings is 1. The minimum Gasteiger partial charge on any atom is -0.370 e. The van der Waals surface area contributed by atoms with E-state index in [9.17, 15) is 4.79 Å². The molecule has 0 radical (unpaired) electrons. The van der Waals surface area contributed by atoms with E-state index in [0.717, 1.165) is 10.1 Å². The lowest BCUT2D eigenvalue weighted by atomic mass is 10.1. The number of rotatable bonds is 1. The van der Waals surface area contributed by atoms with E-state index in [2.05, 4.69) is 4.99 Å². The molecule has 4 N–H and O–H groups in total. The fourth-order valence-electron chi connectivity index (χ4n) is 1.64. The van der Waals surface area contributed by atoms with Crippen LogP contribution in [0.2, 0.25) is 0 Å². The van der Waals surface area contributed by atoms with Crippen molar-refractivity contribution in [2.75, 3.05) is 0 Å². The van der Waals surface area contributed by atoms with E-state index in [1.54, 1.807) is 0 Å². The van der Waals surface area contributed by atoms with E-state index in [-0.39, 0.29) is 11.9 Å². The molecule has 2 rings (SSSR count). The highest BCUT2D eigenvalue weighted by molar-refractivity contribution is 7.20.